The second kappa shape index (κ2) is 6.98. The standard InChI is InChI=1S/C16H16N2O6S/c1-9-5-11(7-17-10(9)2)25(21,22)12-6-13(15(19)23-3)14(18-8-12)16(20)24-4/h5-8H,1-4H3. The molecule has 8 nitrogen and oxygen atoms in total. The Morgan fingerprint density at radius 3 is 2.04 bits per heavy atom. The number of hydrogen-bond acceptors (Lipinski definition) is 8. The number of methoxy groups -OCH3 is 2. The zero-order valence-electron chi connectivity index (χ0n) is 14.1. The lowest BCUT2D eigenvalue weighted by Gasteiger charge is -2.10. The fourth-order valence-corrected chi connectivity index (χ4v) is 3.28. The van der Waals surface area contributed by atoms with Crippen LogP contribution in [0.5, 0.6) is 0 Å². The summed E-state index contributed by atoms with van der Waals surface area (Å²) in [5.41, 5.74) is 0.778. The first-order chi connectivity index (χ1) is 11.7. The molecule has 132 valence electrons. The van der Waals surface area contributed by atoms with Crippen LogP contribution in [0.4, 0.5) is 0 Å². The number of pyridine rings is 2. The third kappa shape index (κ3) is 3.50. The maximum absolute atomic E-state index is 12.8. The molecule has 0 aliphatic carbocycles. The Bertz CT molecular complexity index is 953. The van der Waals surface area contributed by atoms with E-state index in [0.717, 1.165) is 26.5 Å². The highest BCUT2D eigenvalue weighted by Crippen LogP contribution is 2.23. The molecule has 0 amide bonds. The van der Waals surface area contributed by atoms with E-state index in [1.165, 1.54) is 12.3 Å². The van der Waals surface area contributed by atoms with E-state index in [1.54, 1.807) is 13.8 Å². The van der Waals surface area contributed by atoms with E-state index in [-0.39, 0.29) is 21.0 Å². The van der Waals surface area contributed by atoms with E-state index in [0.29, 0.717) is 11.3 Å². The highest BCUT2D eigenvalue weighted by Gasteiger charge is 2.26. The second-order valence-electron chi connectivity index (χ2n) is 5.13. The number of carbonyl (C=O) groups is 2. The smallest absolute Gasteiger partial charge is 0.357 e. The summed E-state index contributed by atoms with van der Waals surface area (Å²) in [7, 11) is -1.75. The van der Waals surface area contributed by atoms with Crippen LogP contribution in [0.15, 0.2) is 34.3 Å². The van der Waals surface area contributed by atoms with Gasteiger partial charge in [-0.15, -0.1) is 0 Å². The topological polar surface area (TPSA) is 113 Å². The first kappa shape index (κ1) is 18.5. The van der Waals surface area contributed by atoms with Gasteiger partial charge in [0.25, 0.3) is 0 Å². The van der Waals surface area contributed by atoms with Crippen molar-refractivity contribution in [2.24, 2.45) is 0 Å². The van der Waals surface area contributed by atoms with E-state index in [1.807, 2.05) is 0 Å². The van der Waals surface area contributed by atoms with Crippen molar-refractivity contribution < 1.29 is 27.5 Å². The molecule has 2 rings (SSSR count). The molecule has 0 unspecified atom stereocenters. The molecule has 0 spiro atoms. The van der Waals surface area contributed by atoms with E-state index in [9.17, 15) is 18.0 Å². The lowest BCUT2D eigenvalue weighted by atomic mass is 10.2. The summed E-state index contributed by atoms with van der Waals surface area (Å²) in [6.07, 6.45) is 2.22. The molecule has 0 radical (unpaired) electrons. The molecule has 2 aromatic rings. The molecule has 25 heavy (non-hydrogen) atoms. The minimum Gasteiger partial charge on any atom is -0.465 e. The van der Waals surface area contributed by atoms with Gasteiger partial charge in [0.05, 0.1) is 29.6 Å². The van der Waals surface area contributed by atoms with Gasteiger partial charge in [-0.25, -0.2) is 23.0 Å². The number of carbonyl (C=O) groups excluding carboxylic acids is 2. The van der Waals surface area contributed by atoms with Crippen molar-refractivity contribution in [1.82, 2.24) is 9.97 Å². The Labute approximate surface area is 144 Å². The number of esters is 2. The van der Waals surface area contributed by atoms with Crippen molar-refractivity contribution in [3.8, 4) is 0 Å². The van der Waals surface area contributed by atoms with Gasteiger partial charge in [-0.3, -0.25) is 4.98 Å². The highest BCUT2D eigenvalue weighted by atomic mass is 32.2. The number of sulfone groups is 1. The van der Waals surface area contributed by atoms with Crippen molar-refractivity contribution in [2.45, 2.75) is 23.6 Å². The Hall–Kier alpha value is -2.81. The largest absolute Gasteiger partial charge is 0.465 e. The number of ether oxygens (including phenoxy) is 2. The van der Waals surface area contributed by atoms with Gasteiger partial charge in [0.1, 0.15) is 0 Å². The molecule has 2 aromatic heterocycles. The van der Waals surface area contributed by atoms with Crippen molar-refractivity contribution in [3.05, 3.63) is 47.0 Å². The summed E-state index contributed by atoms with van der Waals surface area (Å²) >= 11 is 0. The highest BCUT2D eigenvalue weighted by molar-refractivity contribution is 7.91. The van der Waals surface area contributed by atoms with Gasteiger partial charge in [-0.2, -0.15) is 0 Å². The van der Waals surface area contributed by atoms with Crippen molar-refractivity contribution in [1.29, 1.82) is 0 Å². The van der Waals surface area contributed by atoms with Crippen LogP contribution in [0.2, 0.25) is 0 Å². The zero-order chi connectivity index (χ0) is 18.8. The Balaban J connectivity index is 2.64. The molecule has 0 aromatic carbocycles. The molecule has 9 heteroatoms. The van der Waals surface area contributed by atoms with Crippen LogP contribution < -0.4 is 0 Å². The summed E-state index contributed by atoms with van der Waals surface area (Å²) in [6, 6.07) is 2.51. The third-order valence-corrected chi connectivity index (χ3v) is 5.27. The van der Waals surface area contributed by atoms with Crippen LogP contribution >= 0.6 is 0 Å². The first-order valence-electron chi connectivity index (χ1n) is 7.07. The number of hydrogen-bond donors (Lipinski definition) is 0. The minimum absolute atomic E-state index is 0.0426. The molecular formula is C16H16N2O6S. The molecule has 0 saturated carbocycles. The van der Waals surface area contributed by atoms with Crippen LogP contribution in [0.25, 0.3) is 0 Å². The maximum atomic E-state index is 12.8. The number of aromatic nitrogens is 2. The van der Waals surface area contributed by atoms with Crippen molar-refractivity contribution in [2.75, 3.05) is 14.2 Å². The summed E-state index contributed by atoms with van der Waals surface area (Å²) in [4.78, 5) is 31.1. The molecular weight excluding hydrogens is 348 g/mol. The van der Waals surface area contributed by atoms with Crippen LogP contribution in [0.1, 0.15) is 32.1 Å². The Morgan fingerprint density at radius 1 is 0.920 bits per heavy atom. The van der Waals surface area contributed by atoms with E-state index in [2.05, 4.69) is 19.4 Å². The normalized spacial score (nSPS) is 11.0. The van der Waals surface area contributed by atoms with Crippen LogP contribution in [0, 0.1) is 13.8 Å². The molecule has 0 bridgehead atoms. The van der Waals surface area contributed by atoms with Gasteiger partial charge in [0.15, 0.2) is 5.69 Å². The predicted octanol–water partition coefficient (Wildman–Crippen LogP) is 1.50. The zero-order valence-corrected chi connectivity index (χ0v) is 14.9. The maximum Gasteiger partial charge on any atom is 0.357 e. The minimum atomic E-state index is -3.98. The monoisotopic (exact) mass is 364 g/mol. The van der Waals surface area contributed by atoms with Gasteiger partial charge in [-0.1, -0.05) is 0 Å². The Kier molecular flexibility index (Phi) is 5.17. The number of aryl methyl sites for hydroxylation is 2. The van der Waals surface area contributed by atoms with Gasteiger partial charge in [0.2, 0.25) is 9.84 Å². The average Bonchev–Trinajstić information content (AvgIpc) is 2.61. The summed E-state index contributed by atoms with van der Waals surface area (Å²) in [6.45, 7) is 3.49. The third-order valence-electron chi connectivity index (χ3n) is 3.58. The molecule has 0 saturated heterocycles. The second-order valence-corrected chi connectivity index (χ2v) is 7.08. The summed E-state index contributed by atoms with van der Waals surface area (Å²) < 4.78 is 34.7. The van der Waals surface area contributed by atoms with Crippen molar-refractivity contribution >= 4 is 21.8 Å². The quantitative estimate of drug-likeness (QED) is 0.750. The van der Waals surface area contributed by atoms with E-state index >= 15 is 0 Å². The van der Waals surface area contributed by atoms with E-state index < -0.39 is 21.8 Å². The van der Waals surface area contributed by atoms with Crippen LogP contribution in [0.3, 0.4) is 0 Å². The van der Waals surface area contributed by atoms with Gasteiger partial charge < -0.3 is 9.47 Å². The SMILES string of the molecule is COC(=O)c1cc(S(=O)(=O)c2cnc(C)c(C)c2)cnc1C(=O)OC. The van der Waals surface area contributed by atoms with Gasteiger partial charge >= 0.3 is 11.9 Å². The predicted molar refractivity (Wildman–Crippen MR) is 86.1 cm³/mol. The fourth-order valence-electron chi connectivity index (χ4n) is 2.02. The average molecular weight is 364 g/mol. The summed E-state index contributed by atoms with van der Waals surface area (Å²) in [5.74, 6) is -1.78. The summed E-state index contributed by atoms with van der Waals surface area (Å²) in [5, 5.41) is 0. The molecule has 0 atom stereocenters. The molecule has 0 aliphatic heterocycles. The van der Waals surface area contributed by atoms with E-state index in [4.69, 9.17) is 0 Å². The van der Waals surface area contributed by atoms with Crippen LogP contribution in [-0.4, -0.2) is 44.5 Å². The lowest BCUT2D eigenvalue weighted by Crippen LogP contribution is -2.16. The fraction of sp³-hybridized carbons (Fsp3) is 0.250. The van der Waals surface area contributed by atoms with Gasteiger partial charge in [0, 0.05) is 18.1 Å². The molecule has 2 heterocycles. The van der Waals surface area contributed by atoms with Gasteiger partial charge in [-0.05, 0) is 31.5 Å². The van der Waals surface area contributed by atoms with Crippen LogP contribution in [-0.2, 0) is 19.3 Å². The molecule has 0 N–H and O–H groups in total. The molecule has 0 fully saturated rings. The lowest BCUT2D eigenvalue weighted by molar-refractivity contribution is 0.0549. The number of nitrogens with zero attached hydrogens (tertiary/aromatic N) is 2. The van der Waals surface area contributed by atoms with Crippen molar-refractivity contribution in [3.63, 3.8) is 0 Å². The molecule has 0 aliphatic rings. The number of rotatable bonds is 4. The first-order valence-corrected chi connectivity index (χ1v) is 8.55. The Morgan fingerprint density at radius 2 is 1.48 bits per heavy atom.